The van der Waals surface area contributed by atoms with E-state index in [1.807, 2.05) is 92.8 Å². The maximum absolute atomic E-state index is 13.1. The number of β-amino-alcohol motifs (C(OH)–C–C–N with tert-alkyl or cyclic N) is 1. The van der Waals surface area contributed by atoms with E-state index in [1.54, 1.807) is 36.4 Å². The van der Waals surface area contributed by atoms with Crippen molar-refractivity contribution >= 4 is 11.7 Å². The minimum atomic E-state index is -0.180. The van der Waals surface area contributed by atoms with Gasteiger partial charge in [0.05, 0.1) is 25.0 Å². The first-order chi connectivity index (χ1) is 20.2. The second kappa shape index (κ2) is 22.0. The summed E-state index contributed by atoms with van der Waals surface area (Å²) >= 11 is 0. The molecule has 1 amide bonds. The van der Waals surface area contributed by atoms with E-state index in [0.717, 1.165) is 33.8 Å². The van der Waals surface area contributed by atoms with E-state index >= 15 is 0 Å². The number of aromatic nitrogens is 1. The number of aromatic hydroxyl groups is 1. The van der Waals surface area contributed by atoms with E-state index in [2.05, 4.69) is 15.2 Å². The Morgan fingerprint density at radius 3 is 2.19 bits per heavy atom. The number of allylic oxidation sites excluding steroid dienone is 5. The number of pyridine rings is 1. The Morgan fingerprint density at radius 1 is 1.05 bits per heavy atom. The molecule has 3 rings (SSSR count). The molecule has 0 unspecified atom stereocenters. The van der Waals surface area contributed by atoms with E-state index in [0.29, 0.717) is 38.3 Å². The summed E-state index contributed by atoms with van der Waals surface area (Å²) in [6.07, 6.45) is 9.59. The van der Waals surface area contributed by atoms with E-state index in [9.17, 15) is 9.90 Å². The topological polar surface area (TPSA) is 98.2 Å². The van der Waals surface area contributed by atoms with Crippen LogP contribution in [-0.2, 0) is 4.74 Å². The largest absolute Gasteiger partial charge is 0.507 e. The van der Waals surface area contributed by atoms with Gasteiger partial charge < -0.3 is 25.2 Å². The number of aliphatic hydroxyl groups excluding tert-OH is 1. The van der Waals surface area contributed by atoms with Gasteiger partial charge in [0, 0.05) is 50.7 Å². The van der Waals surface area contributed by atoms with Crippen LogP contribution in [0.5, 0.6) is 5.75 Å². The molecule has 0 radical (unpaired) electrons. The SMILES string of the molecule is C/C=C(\C)OC.C/C=C/C(C)=C/Nc1ncc(-c2ccc(O)c(C(=O)N3CCN(CCO)CC3)c2)cc1C.CC.CC. The smallest absolute Gasteiger partial charge is 0.257 e. The molecule has 1 aromatic carbocycles. The Balaban J connectivity index is 0.00000147. The average Bonchev–Trinajstić information content (AvgIpc) is 3.03. The molecule has 1 aliphatic rings. The number of aliphatic hydroxyl groups is 1. The fourth-order valence-electron chi connectivity index (χ4n) is 3.87. The number of carbonyl (C=O) groups excluding carboxylic acids is 1. The fourth-order valence-corrected chi connectivity index (χ4v) is 3.87. The number of hydrogen-bond donors (Lipinski definition) is 3. The number of benzene rings is 1. The van der Waals surface area contributed by atoms with Crippen molar-refractivity contribution in [2.45, 2.75) is 62.3 Å². The highest BCUT2D eigenvalue weighted by molar-refractivity contribution is 5.98. The Morgan fingerprint density at radius 2 is 1.69 bits per heavy atom. The normalized spacial score (nSPS) is 13.6. The Kier molecular flexibility index (Phi) is 20.1. The van der Waals surface area contributed by atoms with Gasteiger partial charge >= 0.3 is 0 Å². The van der Waals surface area contributed by atoms with E-state index in [1.165, 1.54) is 0 Å². The number of methoxy groups -OCH3 is 1. The standard InChI is InChI=1S/C25H32N4O3.C5H10O.2C2H6/c1-4-5-18(2)16-26-24-19(3)14-21(17-27-24)20-6-7-23(31)22(15-20)25(32)29-10-8-28(9-11-29)12-13-30;1-4-5(2)6-3;2*1-2/h4-7,14-17,30-31H,8-13H2,1-3H3,(H,26,27);4H,1-3H3;2*1-2H3/b5-4+,18-16+;5-4+;;. The average molecular weight is 583 g/mol. The zero-order valence-electron chi connectivity index (χ0n) is 27.5. The van der Waals surface area contributed by atoms with Crippen molar-refractivity contribution in [3.05, 3.63) is 77.3 Å². The molecule has 1 saturated heterocycles. The number of piperazine rings is 1. The van der Waals surface area contributed by atoms with Crippen molar-refractivity contribution in [1.82, 2.24) is 14.8 Å². The van der Waals surface area contributed by atoms with Crippen LogP contribution in [0.1, 0.15) is 71.3 Å². The zero-order valence-corrected chi connectivity index (χ0v) is 27.5. The van der Waals surface area contributed by atoms with Gasteiger partial charge in [0.15, 0.2) is 0 Å². The van der Waals surface area contributed by atoms with Crippen LogP contribution in [-0.4, -0.2) is 77.3 Å². The number of aryl methyl sites for hydroxylation is 1. The van der Waals surface area contributed by atoms with Crippen molar-refractivity contribution in [3.8, 4) is 16.9 Å². The van der Waals surface area contributed by atoms with Crippen LogP contribution in [0.3, 0.4) is 0 Å². The number of nitrogens with zero attached hydrogens (tertiary/aromatic N) is 3. The molecule has 3 N–H and O–H groups in total. The van der Waals surface area contributed by atoms with Crippen LogP contribution in [0, 0.1) is 6.92 Å². The Labute approximate surface area is 254 Å². The summed E-state index contributed by atoms with van der Waals surface area (Å²) in [5.41, 5.74) is 4.07. The highest BCUT2D eigenvalue weighted by Gasteiger charge is 2.24. The first kappa shape index (κ1) is 38.4. The number of ether oxygens (including phenoxy) is 1. The minimum absolute atomic E-state index is 0.0240. The van der Waals surface area contributed by atoms with Gasteiger partial charge in [-0.15, -0.1) is 0 Å². The first-order valence-corrected chi connectivity index (χ1v) is 14.9. The number of phenolic OH excluding ortho intramolecular Hbond substituents is 1. The van der Waals surface area contributed by atoms with Gasteiger partial charge in [-0.3, -0.25) is 9.69 Å². The molecule has 1 fully saturated rings. The molecule has 234 valence electrons. The monoisotopic (exact) mass is 582 g/mol. The van der Waals surface area contributed by atoms with Crippen molar-refractivity contribution in [1.29, 1.82) is 0 Å². The number of nitrogens with one attached hydrogen (secondary N) is 1. The highest BCUT2D eigenvalue weighted by atomic mass is 16.5. The summed E-state index contributed by atoms with van der Waals surface area (Å²) in [7, 11) is 1.66. The quantitative estimate of drug-likeness (QED) is 0.227. The lowest BCUT2D eigenvalue weighted by Gasteiger charge is -2.34. The lowest BCUT2D eigenvalue weighted by molar-refractivity contribution is 0.0612. The van der Waals surface area contributed by atoms with Gasteiger partial charge in [-0.25, -0.2) is 4.98 Å². The molecule has 1 aromatic heterocycles. The lowest BCUT2D eigenvalue weighted by Crippen LogP contribution is -2.49. The van der Waals surface area contributed by atoms with Crippen LogP contribution in [0.4, 0.5) is 5.82 Å². The van der Waals surface area contributed by atoms with Crippen molar-refractivity contribution in [2.24, 2.45) is 0 Å². The maximum Gasteiger partial charge on any atom is 0.257 e. The van der Waals surface area contributed by atoms with Gasteiger partial charge in [0.2, 0.25) is 0 Å². The summed E-state index contributed by atoms with van der Waals surface area (Å²) in [5, 5.41) is 22.7. The number of carbonyl (C=O) groups is 1. The summed E-state index contributed by atoms with van der Waals surface area (Å²) < 4.78 is 4.76. The summed E-state index contributed by atoms with van der Waals surface area (Å²) in [4.78, 5) is 21.5. The molecule has 0 atom stereocenters. The number of anilines is 1. The number of hydrogen-bond acceptors (Lipinski definition) is 7. The van der Waals surface area contributed by atoms with Gasteiger partial charge in [0.25, 0.3) is 5.91 Å². The maximum atomic E-state index is 13.1. The van der Waals surface area contributed by atoms with Gasteiger partial charge in [-0.2, -0.15) is 0 Å². The second-order valence-electron chi connectivity index (χ2n) is 9.12. The third-order valence-electron chi connectivity index (χ3n) is 6.31. The minimum Gasteiger partial charge on any atom is -0.507 e. The molecule has 0 saturated carbocycles. The third-order valence-corrected chi connectivity index (χ3v) is 6.31. The molecule has 0 spiro atoms. The lowest BCUT2D eigenvalue weighted by atomic mass is 10.0. The fraction of sp³-hybridized carbons (Fsp3) is 0.471. The van der Waals surface area contributed by atoms with E-state index < -0.39 is 0 Å². The molecule has 2 heterocycles. The molecule has 2 aromatic rings. The molecule has 8 nitrogen and oxygen atoms in total. The highest BCUT2D eigenvalue weighted by Crippen LogP contribution is 2.29. The van der Waals surface area contributed by atoms with Crippen LogP contribution < -0.4 is 5.32 Å². The molecular weight excluding hydrogens is 528 g/mol. The zero-order chi connectivity index (χ0) is 32.1. The molecular formula is C34H54N4O4. The predicted molar refractivity (Wildman–Crippen MR) is 177 cm³/mol. The van der Waals surface area contributed by atoms with E-state index in [-0.39, 0.29) is 18.3 Å². The Bertz CT molecular complexity index is 1150. The molecule has 1 aliphatic heterocycles. The first-order valence-electron chi connectivity index (χ1n) is 14.9. The summed E-state index contributed by atoms with van der Waals surface area (Å²) in [6.45, 7) is 21.1. The Hall–Kier alpha value is -3.62. The molecule has 8 heteroatoms. The summed E-state index contributed by atoms with van der Waals surface area (Å²) in [6, 6.07) is 7.11. The molecule has 0 aliphatic carbocycles. The van der Waals surface area contributed by atoms with Crippen molar-refractivity contribution < 1.29 is 19.7 Å². The molecule has 0 bridgehead atoms. The van der Waals surface area contributed by atoms with Crippen LogP contribution in [0.2, 0.25) is 0 Å². The number of rotatable bonds is 8. The van der Waals surface area contributed by atoms with Gasteiger partial charge in [0.1, 0.15) is 11.6 Å². The van der Waals surface area contributed by atoms with Crippen LogP contribution in [0.15, 0.2) is 66.2 Å². The predicted octanol–water partition coefficient (Wildman–Crippen LogP) is 7.01. The molecule has 42 heavy (non-hydrogen) atoms. The van der Waals surface area contributed by atoms with Gasteiger partial charge in [-0.1, -0.05) is 52.0 Å². The number of phenols is 1. The third kappa shape index (κ3) is 12.9. The van der Waals surface area contributed by atoms with Gasteiger partial charge in [-0.05, 0) is 69.5 Å². The van der Waals surface area contributed by atoms with Crippen molar-refractivity contribution in [3.63, 3.8) is 0 Å². The number of amides is 1. The van der Waals surface area contributed by atoms with Crippen molar-refractivity contribution in [2.75, 3.05) is 51.8 Å². The van der Waals surface area contributed by atoms with Crippen LogP contribution in [0.25, 0.3) is 11.1 Å². The second-order valence-corrected chi connectivity index (χ2v) is 9.12. The summed E-state index contributed by atoms with van der Waals surface area (Å²) in [5.74, 6) is 1.54. The van der Waals surface area contributed by atoms with Crippen LogP contribution >= 0.6 is 0 Å². The van der Waals surface area contributed by atoms with E-state index in [4.69, 9.17) is 9.84 Å².